The molecule has 1 unspecified atom stereocenters. The third kappa shape index (κ3) is 4.43. The number of nitrogens with zero attached hydrogens (tertiary/aromatic N) is 3. The van der Waals surface area contributed by atoms with Crippen LogP contribution in [0.25, 0.3) is 0 Å². The van der Waals surface area contributed by atoms with Crippen molar-refractivity contribution in [2.24, 2.45) is 12.5 Å². The summed E-state index contributed by atoms with van der Waals surface area (Å²) < 4.78 is 1.94. The molecule has 0 spiro atoms. The zero-order chi connectivity index (χ0) is 17.0. The van der Waals surface area contributed by atoms with E-state index in [1.807, 2.05) is 29.9 Å². The van der Waals surface area contributed by atoms with Crippen molar-refractivity contribution in [2.45, 2.75) is 46.7 Å². The minimum Gasteiger partial charge on any atom is -0.340 e. The van der Waals surface area contributed by atoms with Crippen LogP contribution in [0.15, 0.2) is 30.6 Å². The minimum atomic E-state index is 0.219. The van der Waals surface area contributed by atoms with Gasteiger partial charge in [-0.25, -0.2) is 0 Å². The lowest BCUT2D eigenvalue weighted by Crippen LogP contribution is -2.25. The Morgan fingerprint density at radius 1 is 1.39 bits per heavy atom. The van der Waals surface area contributed by atoms with Gasteiger partial charge in [-0.1, -0.05) is 26.8 Å². The lowest BCUT2D eigenvalue weighted by atomic mass is 9.86. The van der Waals surface area contributed by atoms with Crippen LogP contribution in [0.1, 0.15) is 55.7 Å². The molecule has 0 saturated heterocycles. The maximum Gasteiger partial charge on any atom is 0.120 e. The van der Waals surface area contributed by atoms with E-state index in [1.54, 1.807) is 6.20 Å². The highest BCUT2D eigenvalue weighted by Gasteiger charge is 2.20. The number of pyridine rings is 1. The van der Waals surface area contributed by atoms with Crippen molar-refractivity contribution in [1.82, 2.24) is 14.9 Å². The first-order valence-electron chi connectivity index (χ1n) is 8.00. The van der Waals surface area contributed by atoms with Gasteiger partial charge in [0.05, 0.1) is 0 Å². The second kappa shape index (κ2) is 6.97. The molecule has 0 fully saturated rings. The van der Waals surface area contributed by atoms with Gasteiger partial charge in [-0.15, -0.1) is 0 Å². The molecule has 0 radical (unpaired) electrons. The molecule has 0 amide bonds. The first-order valence-corrected chi connectivity index (χ1v) is 8.00. The zero-order valence-electron chi connectivity index (χ0n) is 14.7. The van der Waals surface area contributed by atoms with Crippen LogP contribution in [0.3, 0.4) is 0 Å². The van der Waals surface area contributed by atoms with Crippen molar-refractivity contribution in [3.05, 3.63) is 53.1 Å². The van der Waals surface area contributed by atoms with E-state index >= 15 is 0 Å². The minimum absolute atomic E-state index is 0.219. The third-order valence-electron chi connectivity index (χ3n) is 4.20. The highest BCUT2D eigenvalue weighted by atomic mass is 15.0. The molecule has 23 heavy (non-hydrogen) atoms. The molecule has 0 aromatic carbocycles. The molecular weight excluding hydrogens is 284 g/mol. The molecule has 0 bridgehead atoms. The normalized spacial score (nSPS) is 12.9. The molecule has 2 heterocycles. The van der Waals surface area contributed by atoms with Gasteiger partial charge in [0.15, 0.2) is 0 Å². The summed E-state index contributed by atoms with van der Waals surface area (Å²) in [7, 11) is 1.94. The smallest absolute Gasteiger partial charge is 0.120 e. The Morgan fingerprint density at radius 3 is 2.65 bits per heavy atom. The predicted octanol–water partition coefficient (Wildman–Crippen LogP) is 3.87. The fourth-order valence-corrected chi connectivity index (χ4v) is 2.78. The van der Waals surface area contributed by atoms with Crippen LogP contribution in [-0.2, 0) is 13.6 Å². The Kier molecular flexibility index (Phi) is 5.23. The summed E-state index contributed by atoms with van der Waals surface area (Å²) in [4.78, 5) is 4.25. The average Bonchev–Trinajstić information content (AvgIpc) is 2.79. The zero-order valence-corrected chi connectivity index (χ0v) is 14.7. The molecule has 4 nitrogen and oxygen atoms in total. The lowest BCUT2D eigenvalue weighted by Gasteiger charge is -2.27. The summed E-state index contributed by atoms with van der Waals surface area (Å²) in [6.45, 7) is 9.55. The summed E-state index contributed by atoms with van der Waals surface area (Å²) in [5.74, 6) is 0. The Hall–Kier alpha value is -2.12. The summed E-state index contributed by atoms with van der Waals surface area (Å²) in [6.07, 6.45) is 4.76. The number of rotatable bonds is 5. The molecule has 0 aliphatic rings. The predicted molar refractivity (Wildman–Crippen MR) is 92.8 cm³/mol. The molecule has 2 aromatic heterocycles. The van der Waals surface area contributed by atoms with E-state index in [-0.39, 0.29) is 11.5 Å². The van der Waals surface area contributed by atoms with Gasteiger partial charge in [0, 0.05) is 37.7 Å². The van der Waals surface area contributed by atoms with Gasteiger partial charge in [-0.2, -0.15) is 5.26 Å². The molecule has 122 valence electrons. The average molecular weight is 310 g/mol. The molecule has 2 aromatic rings. The van der Waals surface area contributed by atoms with E-state index in [4.69, 9.17) is 5.26 Å². The molecule has 0 aliphatic heterocycles. The third-order valence-corrected chi connectivity index (χ3v) is 4.20. The SMILES string of the molecule is Cc1c(CNC(CC(C)(C)C)c2cccnc2)cc(C#N)n1C. The van der Waals surface area contributed by atoms with Crippen LogP contribution in [-0.4, -0.2) is 9.55 Å². The number of aromatic nitrogens is 2. The van der Waals surface area contributed by atoms with Gasteiger partial charge in [-0.3, -0.25) is 4.98 Å². The van der Waals surface area contributed by atoms with Crippen molar-refractivity contribution in [2.75, 3.05) is 0 Å². The summed E-state index contributed by atoms with van der Waals surface area (Å²) in [5.41, 5.74) is 4.43. The van der Waals surface area contributed by atoms with E-state index in [0.717, 1.165) is 18.7 Å². The topological polar surface area (TPSA) is 53.6 Å². The standard InChI is InChI=1S/C19H26N4/c1-14-16(9-17(11-20)23(14)5)13-22-18(10-19(2,3)4)15-7-6-8-21-12-15/h6-9,12,18,22H,10,13H2,1-5H3. The van der Waals surface area contributed by atoms with Crippen LogP contribution in [0.5, 0.6) is 0 Å². The van der Waals surface area contributed by atoms with Crippen LogP contribution in [0.2, 0.25) is 0 Å². The molecule has 1 N–H and O–H groups in total. The fourth-order valence-electron chi connectivity index (χ4n) is 2.78. The van der Waals surface area contributed by atoms with Gasteiger partial charge in [0.1, 0.15) is 11.8 Å². The summed E-state index contributed by atoms with van der Waals surface area (Å²) >= 11 is 0. The van der Waals surface area contributed by atoms with Gasteiger partial charge in [-0.05, 0) is 42.0 Å². The summed E-state index contributed by atoms with van der Waals surface area (Å²) in [5, 5.41) is 12.8. The quantitative estimate of drug-likeness (QED) is 0.912. The van der Waals surface area contributed by atoms with Crippen LogP contribution >= 0.6 is 0 Å². The largest absolute Gasteiger partial charge is 0.340 e. The van der Waals surface area contributed by atoms with Crippen LogP contribution in [0, 0.1) is 23.7 Å². The van der Waals surface area contributed by atoms with E-state index in [0.29, 0.717) is 5.69 Å². The highest BCUT2D eigenvalue weighted by molar-refractivity contribution is 5.34. The first-order chi connectivity index (χ1) is 10.8. The monoisotopic (exact) mass is 310 g/mol. The van der Waals surface area contributed by atoms with Crippen LogP contribution in [0.4, 0.5) is 0 Å². The highest BCUT2D eigenvalue weighted by Crippen LogP contribution is 2.29. The Labute approximate surface area is 139 Å². The molecule has 2 rings (SSSR count). The maximum absolute atomic E-state index is 9.16. The van der Waals surface area contributed by atoms with Crippen molar-refractivity contribution >= 4 is 0 Å². The van der Waals surface area contributed by atoms with E-state index in [1.165, 1.54) is 11.1 Å². The van der Waals surface area contributed by atoms with Gasteiger partial charge in [0.2, 0.25) is 0 Å². The Morgan fingerprint density at radius 2 is 2.13 bits per heavy atom. The van der Waals surface area contributed by atoms with Crippen molar-refractivity contribution < 1.29 is 0 Å². The van der Waals surface area contributed by atoms with Gasteiger partial charge >= 0.3 is 0 Å². The van der Waals surface area contributed by atoms with Crippen LogP contribution < -0.4 is 5.32 Å². The number of hydrogen-bond acceptors (Lipinski definition) is 3. The number of nitrogens with one attached hydrogen (secondary N) is 1. The lowest BCUT2D eigenvalue weighted by molar-refractivity contribution is 0.310. The first kappa shape index (κ1) is 17.2. The molecule has 4 heteroatoms. The summed E-state index contributed by atoms with van der Waals surface area (Å²) in [6, 6.07) is 8.56. The molecule has 0 aliphatic carbocycles. The van der Waals surface area contributed by atoms with E-state index < -0.39 is 0 Å². The Bertz CT molecular complexity index is 687. The fraction of sp³-hybridized carbons (Fsp3) is 0.474. The Balaban J connectivity index is 2.18. The van der Waals surface area contributed by atoms with Crippen molar-refractivity contribution in [1.29, 1.82) is 5.26 Å². The number of nitriles is 1. The van der Waals surface area contributed by atoms with Gasteiger partial charge < -0.3 is 9.88 Å². The van der Waals surface area contributed by atoms with Crippen molar-refractivity contribution in [3.63, 3.8) is 0 Å². The van der Waals surface area contributed by atoms with E-state index in [9.17, 15) is 0 Å². The molecule has 0 saturated carbocycles. The van der Waals surface area contributed by atoms with Gasteiger partial charge in [0.25, 0.3) is 0 Å². The number of hydrogen-bond donors (Lipinski definition) is 1. The second-order valence-corrected chi connectivity index (χ2v) is 7.30. The molecular formula is C19H26N4. The second-order valence-electron chi connectivity index (χ2n) is 7.30. The molecule has 1 atom stereocenters. The maximum atomic E-state index is 9.16. The van der Waals surface area contributed by atoms with E-state index in [2.05, 4.69) is 50.1 Å². The van der Waals surface area contributed by atoms with Crippen molar-refractivity contribution in [3.8, 4) is 6.07 Å².